The Kier molecular flexibility index (Phi) is 4.06. The maximum absolute atomic E-state index is 6.09. The van der Waals surface area contributed by atoms with Crippen molar-refractivity contribution >= 4 is 0 Å². The number of aromatic nitrogens is 2. The van der Waals surface area contributed by atoms with E-state index in [0.717, 1.165) is 17.8 Å². The summed E-state index contributed by atoms with van der Waals surface area (Å²) in [6.45, 7) is 2.05. The zero-order valence-corrected chi connectivity index (χ0v) is 11.5. The zero-order chi connectivity index (χ0) is 13.8. The number of nitrogens with zero attached hydrogens (tertiary/aromatic N) is 2. The van der Waals surface area contributed by atoms with Crippen molar-refractivity contribution in [1.29, 1.82) is 0 Å². The van der Waals surface area contributed by atoms with Gasteiger partial charge in [0.1, 0.15) is 0 Å². The van der Waals surface area contributed by atoms with Crippen molar-refractivity contribution in [2.75, 3.05) is 14.2 Å². The molecule has 5 heteroatoms. The van der Waals surface area contributed by atoms with E-state index in [1.54, 1.807) is 26.7 Å². The number of hydrogen-bond acceptors (Lipinski definition) is 4. The Morgan fingerprint density at radius 3 is 2.63 bits per heavy atom. The van der Waals surface area contributed by atoms with Crippen LogP contribution in [0.3, 0.4) is 0 Å². The van der Waals surface area contributed by atoms with Crippen LogP contribution in [0.5, 0.6) is 11.5 Å². The van der Waals surface area contributed by atoms with Crippen molar-refractivity contribution in [2.24, 2.45) is 5.73 Å². The molecule has 2 aromatic rings. The predicted octanol–water partition coefficient (Wildman–Crippen LogP) is 2.30. The van der Waals surface area contributed by atoms with E-state index in [1.165, 1.54) is 0 Å². The molecular formula is C14H19N3O2. The van der Waals surface area contributed by atoms with Gasteiger partial charge in [0.05, 0.1) is 38.1 Å². The predicted molar refractivity (Wildman–Crippen MR) is 73.9 cm³/mol. The first-order valence-electron chi connectivity index (χ1n) is 6.21. The SMILES string of the molecule is CC[C@@H](N)c1cncn1-c1ccc(OC)c(OC)c1. The molecule has 0 fully saturated rings. The van der Waals surface area contributed by atoms with Gasteiger partial charge in [-0.25, -0.2) is 4.98 Å². The normalized spacial score (nSPS) is 12.2. The molecule has 0 bridgehead atoms. The van der Waals surface area contributed by atoms with Crippen LogP contribution in [0.2, 0.25) is 0 Å². The number of hydrogen-bond donors (Lipinski definition) is 1. The van der Waals surface area contributed by atoms with Gasteiger partial charge in [0.2, 0.25) is 0 Å². The molecule has 5 nitrogen and oxygen atoms in total. The molecule has 1 atom stereocenters. The minimum Gasteiger partial charge on any atom is -0.493 e. The third-order valence-corrected chi connectivity index (χ3v) is 3.13. The summed E-state index contributed by atoms with van der Waals surface area (Å²) in [5, 5.41) is 0. The second-order valence-electron chi connectivity index (χ2n) is 4.24. The van der Waals surface area contributed by atoms with Gasteiger partial charge in [-0.2, -0.15) is 0 Å². The van der Waals surface area contributed by atoms with Crippen LogP contribution >= 0.6 is 0 Å². The minimum absolute atomic E-state index is 0.0319. The Balaban J connectivity index is 2.45. The lowest BCUT2D eigenvalue weighted by Gasteiger charge is -2.15. The second kappa shape index (κ2) is 5.75. The maximum atomic E-state index is 6.09. The summed E-state index contributed by atoms with van der Waals surface area (Å²) in [4.78, 5) is 4.18. The average molecular weight is 261 g/mol. The highest BCUT2D eigenvalue weighted by Crippen LogP contribution is 2.30. The number of rotatable bonds is 5. The summed E-state index contributed by atoms with van der Waals surface area (Å²) in [5.74, 6) is 1.39. The molecule has 1 heterocycles. The van der Waals surface area contributed by atoms with Crippen LogP contribution in [0.15, 0.2) is 30.7 Å². The van der Waals surface area contributed by atoms with E-state index >= 15 is 0 Å². The van der Waals surface area contributed by atoms with E-state index in [2.05, 4.69) is 11.9 Å². The van der Waals surface area contributed by atoms with Crippen LogP contribution in [0.1, 0.15) is 25.1 Å². The molecule has 0 radical (unpaired) electrons. The monoisotopic (exact) mass is 261 g/mol. The summed E-state index contributed by atoms with van der Waals surface area (Å²) in [6, 6.07) is 5.70. The third kappa shape index (κ3) is 2.56. The van der Waals surface area contributed by atoms with E-state index in [1.807, 2.05) is 22.8 Å². The molecule has 2 rings (SSSR count). The highest BCUT2D eigenvalue weighted by Gasteiger charge is 2.12. The summed E-state index contributed by atoms with van der Waals surface area (Å²) in [5.41, 5.74) is 8.02. The van der Waals surface area contributed by atoms with Gasteiger partial charge >= 0.3 is 0 Å². The lowest BCUT2D eigenvalue weighted by atomic mass is 10.1. The van der Waals surface area contributed by atoms with E-state index < -0.39 is 0 Å². The Morgan fingerprint density at radius 1 is 1.26 bits per heavy atom. The molecular weight excluding hydrogens is 242 g/mol. The fraction of sp³-hybridized carbons (Fsp3) is 0.357. The van der Waals surface area contributed by atoms with E-state index in [4.69, 9.17) is 15.2 Å². The molecule has 1 aromatic carbocycles. The van der Waals surface area contributed by atoms with E-state index in [9.17, 15) is 0 Å². The first-order valence-corrected chi connectivity index (χ1v) is 6.21. The number of ether oxygens (including phenoxy) is 2. The van der Waals surface area contributed by atoms with Crippen molar-refractivity contribution < 1.29 is 9.47 Å². The summed E-state index contributed by atoms with van der Waals surface area (Å²) >= 11 is 0. The first-order chi connectivity index (χ1) is 9.21. The average Bonchev–Trinajstić information content (AvgIpc) is 2.95. The van der Waals surface area contributed by atoms with Crippen LogP contribution in [-0.2, 0) is 0 Å². The fourth-order valence-corrected chi connectivity index (χ4v) is 1.98. The Morgan fingerprint density at radius 2 is 2.00 bits per heavy atom. The third-order valence-electron chi connectivity index (χ3n) is 3.13. The van der Waals surface area contributed by atoms with Gasteiger partial charge in [-0.05, 0) is 18.6 Å². The topological polar surface area (TPSA) is 62.3 Å². The zero-order valence-electron chi connectivity index (χ0n) is 11.5. The van der Waals surface area contributed by atoms with Gasteiger partial charge in [0.15, 0.2) is 11.5 Å². The molecule has 0 unspecified atom stereocenters. The van der Waals surface area contributed by atoms with Crippen molar-refractivity contribution in [3.63, 3.8) is 0 Å². The van der Waals surface area contributed by atoms with E-state index in [0.29, 0.717) is 11.5 Å². The molecule has 102 valence electrons. The Labute approximate surface area is 113 Å². The van der Waals surface area contributed by atoms with Crippen LogP contribution in [0.4, 0.5) is 0 Å². The quantitative estimate of drug-likeness (QED) is 0.897. The summed E-state index contributed by atoms with van der Waals surface area (Å²) in [7, 11) is 3.24. The first kappa shape index (κ1) is 13.4. The van der Waals surface area contributed by atoms with Crippen molar-refractivity contribution in [1.82, 2.24) is 9.55 Å². The molecule has 19 heavy (non-hydrogen) atoms. The van der Waals surface area contributed by atoms with Gasteiger partial charge in [0, 0.05) is 12.1 Å². The number of benzene rings is 1. The molecule has 0 spiro atoms. The molecule has 2 N–H and O–H groups in total. The molecule has 0 saturated heterocycles. The van der Waals surface area contributed by atoms with Crippen molar-refractivity contribution in [3.8, 4) is 17.2 Å². The lowest BCUT2D eigenvalue weighted by molar-refractivity contribution is 0.355. The van der Waals surface area contributed by atoms with Crippen LogP contribution in [0.25, 0.3) is 5.69 Å². The largest absolute Gasteiger partial charge is 0.493 e. The van der Waals surface area contributed by atoms with Crippen LogP contribution < -0.4 is 15.2 Å². The van der Waals surface area contributed by atoms with Crippen LogP contribution in [-0.4, -0.2) is 23.8 Å². The molecule has 1 aromatic heterocycles. The number of nitrogens with two attached hydrogens (primary N) is 1. The van der Waals surface area contributed by atoms with Gasteiger partial charge in [-0.15, -0.1) is 0 Å². The molecule has 0 aliphatic rings. The number of imidazole rings is 1. The Bertz CT molecular complexity index is 551. The molecule has 0 amide bonds. The van der Waals surface area contributed by atoms with Gasteiger partial charge in [-0.3, -0.25) is 0 Å². The lowest BCUT2D eigenvalue weighted by Crippen LogP contribution is -2.13. The summed E-state index contributed by atoms with van der Waals surface area (Å²) < 4.78 is 12.5. The smallest absolute Gasteiger partial charge is 0.162 e. The van der Waals surface area contributed by atoms with Gasteiger partial charge in [-0.1, -0.05) is 6.92 Å². The van der Waals surface area contributed by atoms with Crippen molar-refractivity contribution in [2.45, 2.75) is 19.4 Å². The van der Waals surface area contributed by atoms with Gasteiger partial charge in [0.25, 0.3) is 0 Å². The van der Waals surface area contributed by atoms with E-state index in [-0.39, 0.29) is 6.04 Å². The number of methoxy groups -OCH3 is 2. The molecule has 0 saturated carbocycles. The highest BCUT2D eigenvalue weighted by molar-refractivity contribution is 5.49. The maximum Gasteiger partial charge on any atom is 0.162 e. The second-order valence-corrected chi connectivity index (χ2v) is 4.24. The molecule has 0 aliphatic heterocycles. The van der Waals surface area contributed by atoms with Gasteiger partial charge < -0.3 is 19.8 Å². The highest BCUT2D eigenvalue weighted by atomic mass is 16.5. The Hall–Kier alpha value is -2.01. The molecule has 0 aliphatic carbocycles. The standard InChI is InChI=1S/C14H19N3O2/c1-4-11(15)12-8-16-9-17(12)10-5-6-13(18-2)14(7-10)19-3/h5-9,11H,4,15H2,1-3H3/t11-/m1/s1. The minimum atomic E-state index is -0.0319. The fourth-order valence-electron chi connectivity index (χ4n) is 1.98. The van der Waals surface area contributed by atoms with Crippen LogP contribution in [0, 0.1) is 0 Å². The van der Waals surface area contributed by atoms with Crippen molar-refractivity contribution in [3.05, 3.63) is 36.4 Å². The summed E-state index contributed by atoms with van der Waals surface area (Å²) in [6.07, 6.45) is 4.41.